The average molecular weight is 337 g/mol. The summed E-state index contributed by atoms with van der Waals surface area (Å²) < 4.78 is 0. The molecule has 0 fully saturated rings. The van der Waals surface area contributed by atoms with Crippen LogP contribution in [0.5, 0.6) is 0 Å². The van der Waals surface area contributed by atoms with Gasteiger partial charge in [-0.25, -0.2) is 0 Å². The Morgan fingerprint density at radius 2 is 0.923 bits per heavy atom. The van der Waals surface area contributed by atoms with Crippen molar-refractivity contribution in [1.29, 1.82) is 0 Å². The largest absolute Gasteiger partial charge is 0.360 e. The molecule has 4 aromatic rings. The highest BCUT2D eigenvalue weighted by molar-refractivity contribution is 5.93. The van der Waals surface area contributed by atoms with E-state index in [0.29, 0.717) is 0 Å². The minimum absolute atomic E-state index is 1.17. The number of hydrogen-bond donors (Lipinski definition) is 1. The highest BCUT2D eigenvalue weighted by atomic mass is 14.7. The molecule has 0 unspecified atom stereocenters. The molecule has 0 atom stereocenters. The minimum atomic E-state index is 1.17. The van der Waals surface area contributed by atoms with Crippen molar-refractivity contribution < 1.29 is 0 Å². The van der Waals surface area contributed by atoms with Crippen LogP contribution in [-0.4, -0.2) is 4.98 Å². The van der Waals surface area contributed by atoms with Gasteiger partial charge in [0.15, 0.2) is 0 Å². The molecule has 3 aromatic carbocycles. The van der Waals surface area contributed by atoms with E-state index in [1.807, 2.05) is 0 Å². The number of H-pyrrole nitrogens is 1. The van der Waals surface area contributed by atoms with Gasteiger partial charge in [-0.15, -0.1) is 0 Å². The van der Waals surface area contributed by atoms with Crippen LogP contribution in [0.15, 0.2) is 79.0 Å². The van der Waals surface area contributed by atoms with Gasteiger partial charge in [-0.1, -0.05) is 89.5 Å². The first kappa shape index (κ1) is 16.4. The monoisotopic (exact) mass is 337 g/mol. The fourth-order valence-electron chi connectivity index (χ4n) is 3.35. The lowest BCUT2D eigenvalue weighted by Crippen LogP contribution is -1.86. The van der Waals surface area contributed by atoms with Gasteiger partial charge in [-0.3, -0.25) is 0 Å². The molecule has 0 amide bonds. The van der Waals surface area contributed by atoms with Crippen LogP contribution in [0.3, 0.4) is 0 Å². The summed E-state index contributed by atoms with van der Waals surface area (Å²) in [6.45, 7) is 6.37. The maximum Gasteiger partial charge on any atom is 0.0540 e. The molecule has 0 aliphatic rings. The Hall–Kier alpha value is -3.06. The van der Waals surface area contributed by atoms with E-state index in [2.05, 4.69) is 105 Å². The van der Waals surface area contributed by atoms with Crippen LogP contribution in [0.2, 0.25) is 0 Å². The number of aromatic amines is 1. The van der Waals surface area contributed by atoms with Crippen molar-refractivity contribution in [2.75, 3.05) is 0 Å². The topological polar surface area (TPSA) is 15.8 Å². The smallest absolute Gasteiger partial charge is 0.0540 e. The lowest BCUT2D eigenvalue weighted by Gasteiger charge is -2.10. The quantitative estimate of drug-likeness (QED) is 0.417. The van der Waals surface area contributed by atoms with Crippen molar-refractivity contribution in [2.24, 2.45) is 0 Å². The first-order valence-corrected chi connectivity index (χ1v) is 9.04. The minimum Gasteiger partial charge on any atom is -0.360 e. The molecular weight excluding hydrogens is 314 g/mol. The molecule has 1 N–H and O–H groups in total. The zero-order valence-electron chi connectivity index (χ0n) is 15.5. The summed E-state index contributed by atoms with van der Waals surface area (Å²) >= 11 is 0. The summed E-state index contributed by atoms with van der Waals surface area (Å²) in [4.78, 5) is 3.54. The van der Waals surface area contributed by atoms with E-state index in [-0.39, 0.29) is 0 Å². The maximum absolute atomic E-state index is 3.54. The van der Waals surface area contributed by atoms with Gasteiger partial charge in [0.05, 0.1) is 5.69 Å². The molecule has 128 valence electrons. The lowest BCUT2D eigenvalue weighted by molar-refractivity contribution is 1.38. The predicted molar refractivity (Wildman–Crippen MR) is 111 cm³/mol. The van der Waals surface area contributed by atoms with Gasteiger partial charge in [-0.2, -0.15) is 0 Å². The van der Waals surface area contributed by atoms with Crippen molar-refractivity contribution in [3.05, 3.63) is 95.7 Å². The molecule has 1 aromatic heterocycles. The number of hydrogen-bond acceptors (Lipinski definition) is 0. The van der Waals surface area contributed by atoms with Crippen LogP contribution in [-0.2, 0) is 0 Å². The van der Waals surface area contributed by atoms with Crippen molar-refractivity contribution in [3.63, 3.8) is 0 Å². The van der Waals surface area contributed by atoms with Crippen LogP contribution in [0.1, 0.15) is 16.7 Å². The summed E-state index contributed by atoms with van der Waals surface area (Å²) in [6.07, 6.45) is 2.13. The Morgan fingerprint density at radius 3 is 1.42 bits per heavy atom. The Bertz CT molecular complexity index is 954. The molecule has 26 heavy (non-hydrogen) atoms. The normalized spacial score (nSPS) is 10.9. The second-order valence-electron chi connectivity index (χ2n) is 7.05. The molecule has 0 radical (unpaired) electrons. The number of aryl methyl sites for hydroxylation is 3. The third-order valence-electron chi connectivity index (χ3n) is 4.92. The second-order valence-corrected chi connectivity index (χ2v) is 7.05. The first-order chi connectivity index (χ1) is 12.6. The molecule has 1 nitrogen and oxygen atoms in total. The average Bonchev–Trinajstić information content (AvgIpc) is 3.08. The highest BCUT2D eigenvalue weighted by Gasteiger charge is 2.16. The Kier molecular flexibility index (Phi) is 4.22. The van der Waals surface area contributed by atoms with E-state index in [1.165, 1.54) is 50.2 Å². The standard InChI is InChI=1S/C25H23N/c1-17-4-10-20(11-5-17)23-16-26-25(22-14-8-19(3)9-15-22)24(23)21-12-6-18(2)7-13-21/h4-16,26H,1-3H3. The van der Waals surface area contributed by atoms with E-state index in [1.54, 1.807) is 0 Å². The van der Waals surface area contributed by atoms with Crippen molar-refractivity contribution in [1.82, 2.24) is 4.98 Å². The lowest BCUT2D eigenvalue weighted by atomic mass is 9.93. The van der Waals surface area contributed by atoms with Crippen LogP contribution >= 0.6 is 0 Å². The van der Waals surface area contributed by atoms with Crippen molar-refractivity contribution in [2.45, 2.75) is 20.8 Å². The van der Waals surface area contributed by atoms with Gasteiger partial charge >= 0.3 is 0 Å². The van der Waals surface area contributed by atoms with E-state index in [9.17, 15) is 0 Å². The van der Waals surface area contributed by atoms with Gasteiger partial charge in [0, 0.05) is 17.3 Å². The van der Waals surface area contributed by atoms with Gasteiger partial charge in [0.1, 0.15) is 0 Å². The summed E-state index contributed by atoms with van der Waals surface area (Å²) in [5, 5.41) is 0. The van der Waals surface area contributed by atoms with E-state index in [0.717, 1.165) is 0 Å². The highest BCUT2D eigenvalue weighted by Crippen LogP contribution is 2.40. The number of aromatic nitrogens is 1. The van der Waals surface area contributed by atoms with Crippen LogP contribution in [0.4, 0.5) is 0 Å². The fourth-order valence-corrected chi connectivity index (χ4v) is 3.35. The first-order valence-electron chi connectivity index (χ1n) is 9.04. The Morgan fingerprint density at radius 1 is 0.500 bits per heavy atom. The molecule has 0 saturated heterocycles. The number of nitrogens with one attached hydrogen (secondary N) is 1. The summed E-state index contributed by atoms with van der Waals surface area (Å²) in [6, 6.07) is 26.3. The maximum atomic E-state index is 3.54. The molecular formula is C25H23N. The Balaban J connectivity index is 1.93. The number of rotatable bonds is 3. The van der Waals surface area contributed by atoms with Gasteiger partial charge in [0.2, 0.25) is 0 Å². The fraction of sp³-hybridized carbons (Fsp3) is 0.120. The molecule has 0 aliphatic heterocycles. The van der Waals surface area contributed by atoms with Gasteiger partial charge < -0.3 is 4.98 Å². The summed E-state index contributed by atoms with van der Waals surface area (Å²) in [5.41, 5.74) is 11.2. The molecule has 4 rings (SSSR count). The zero-order valence-corrected chi connectivity index (χ0v) is 15.5. The van der Waals surface area contributed by atoms with Gasteiger partial charge in [0.25, 0.3) is 0 Å². The molecule has 1 heterocycles. The van der Waals surface area contributed by atoms with Crippen LogP contribution in [0, 0.1) is 20.8 Å². The zero-order chi connectivity index (χ0) is 18.1. The molecule has 0 saturated carbocycles. The molecule has 0 bridgehead atoms. The Labute approximate surface area is 155 Å². The molecule has 1 heteroatoms. The molecule has 0 aliphatic carbocycles. The van der Waals surface area contributed by atoms with E-state index < -0.39 is 0 Å². The summed E-state index contributed by atoms with van der Waals surface area (Å²) in [7, 11) is 0. The molecule has 0 spiro atoms. The summed E-state index contributed by atoms with van der Waals surface area (Å²) in [5.74, 6) is 0. The van der Waals surface area contributed by atoms with Crippen molar-refractivity contribution in [3.8, 4) is 33.5 Å². The van der Waals surface area contributed by atoms with Crippen molar-refractivity contribution >= 4 is 0 Å². The van der Waals surface area contributed by atoms with Crippen LogP contribution < -0.4 is 0 Å². The SMILES string of the molecule is Cc1ccc(-c2c[nH]c(-c3ccc(C)cc3)c2-c2ccc(C)cc2)cc1. The van der Waals surface area contributed by atoms with Gasteiger partial charge in [-0.05, 0) is 37.5 Å². The second kappa shape index (κ2) is 6.68. The predicted octanol–water partition coefficient (Wildman–Crippen LogP) is 6.94. The number of benzene rings is 3. The third kappa shape index (κ3) is 3.09. The van der Waals surface area contributed by atoms with E-state index >= 15 is 0 Å². The van der Waals surface area contributed by atoms with Crippen LogP contribution in [0.25, 0.3) is 33.5 Å². The third-order valence-corrected chi connectivity index (χ3v) is 4.92. The van der Waals surface area contributed by atoms with E-state index in [4.69, 9.17) is 0 Å².